The van der Waals surface area contributed by atoms with Gasteiger partial charge in [0.1, 0.15) is 12.3 Å². The van der Waals surface area contributed by atoms with Crippen molar-refractivity contribution in [3.05, 3.63) is 46.9 Å². The Hall–Kier alpha value is -2.43. The summed E-state index contributed by atoms with van der Waals surface area (Å²) in [6.45, 7) is 2.88. The van der Waals surface area contributed by atoms with Crippen LogP contribution in [0, 0.1) is 4.91 Å². The van der Waals surface area contributed by atoms with E-state index in [0.717, 1.165) is 35.6 Å². The van der Waals surface area contributed by atoms with E-state index in [-0.39, 0.29) is 12.5 Å². The number of hydrogen-bond acceptors (Lipinski definition) is 5. The highest BCUT2D eigenvalue weighted by Gasteiger charge is 2.09. The van der Waals surface area contributed by atoms with Crippen LogP contribution in [-0.4, -0.2) is 19.2 Å². The van der Waals surface area contributed by atoms with Gasteiger partial charge in [-0.3, -0.25) is 4.79 Å². The smallest absolute Gasteiger partial charge is 0.305 e. The van der Waals surface area contributed by atoms with E-state index in [1.165, 1.54) is 0 Å². The lowest BCUT2D eigenvalue weighted by Gasteiger charge is -2.12. The fourth-order valence-corrected chi connectivity index (χ4v) is 2.64. The Morgan fingerprint density at radius 2 is 1.92 bits per heavy atom. The van der Waals surface area contributed by atoms with Crippen LogP contribution in [0.4, 0.5) is 0 Å². The van der Waals surface area contributed by atoms with E-state index < -0.39 is 0 Å². The lowest BCUT2D eigenvalue weighted by molar-refractivity contribution is -0.143. The van der Waals surface area contributed by atoms with E-state index in [2.05, 4.69) is 5.18 Å². The Morgan fingerprint density at radius 3 is 2.71 bits per heavy atom. The molecule has 5 heteroatoms. The first-order chi connectivity index (χ1) is 11.8. The number of nitroso groups, excluding NO2 is 1. The minimum atomic E-state index is -0.146. The molecule has 2 aromatic rings. The molecule has 0 saturated carbocycles. The van der Waals surface area contributed by atoms with Crippen LogP contribution in [-0.2, 0) is 16.1 Å². The normalized spacial score (nSPS) is 10.5. The van der Waals surface area contributed by atoms with Gasteiger partial charge in [0, 0.05) is 12.0 Å². The predicted octanol–water partition coefficient (Wildman–Crippen LogP) is 4.61. The van der Waals surface area contributed by atoms with Crippen LogP contribution < -0.4 is 4.74 Å². The molecule has 0 bridgehead atoms. The lowest BCUT2D eigenvalue weighted by atomic mass is 10.0. The zero-order valence-electron chi connectivity index (χ0n) is 14.0. The number of hydrogen-bond donors (Lipinski definition) is 0. The maximum atomic E-state index is 11.2. The summed E-state index contributed by atoms with van der Waals surface area (Å²) in [6.07, 6.45) is 2.99. The molecule has 0 spiro atoms. The number of esters is 1. The van der Waals surface area contributed by atoms with Crippen molar-refractivity contribution in [1.82, 2.24) is 0 Å². The summed E-state index contributed by atoms with van der Waals surface area (Å²) in [4.78, 5) is 22.0. The Labute approximate surface area is 141 Å². The summed E-state index contributed by atoms with van der Waals surface area (Å²) in [7, 11) is 0. The number of fused-ring (bicyclic) bond motifs is 1. The number of nitrogens with zero attached hydrogens (tertiary/aromatic N) is 1. The van der Waals surface area contributed by atoms with Crippen LogP contribution in [0.15, 0.2) is 41.6 Å². The third-order valence-corrected chi connectivity index (χ3v) is 3.81. The van der Waals surface area contributed by atoms with Crippen molar-refractivity contribution in [3.8, 4) is 5.75 Å². The number of ether oxygens (including phenoxy) is 2. The van der Waals surface area contributed by atoms with E-state index in [0.29, 0.717) is 25.4 Å². The average molecular weight is 329 g/mol. The summed E-state index contributed by atoms with van der Waals surface area (Å²) >= 11 is 0. The molecule has 0 saturated heterocycles. The van der Waals surface area contributed by atoms with Crippen molar-refractivity contribution in [2.45, 2.75) is 39.2 Å². The number of carbonyl (C=O) groups excluding carboxylic acids is 1. The van der Waals surface area contributed by atoms with Crippen LogP contribution in [0.2, 0.25) is 0 Å². The monoisotopic (exact) mass is 329 g/mol. The number of carbonyl (C=O) groups is 1. The molecule has 0 aliphatic heterocycles. The number of rotatable bonds is 10. The molecule has 0 heterocycles. The highest BCUT2D eigenvalue weighted by molar-refractivity contribution is 5.87. The summed E-state index contributed by atoms with van der Waals surface area (Å²) in [6, 6.07) is 11.8. The minimum absolute atomic E-state index is 0.0968. The van der Waals surface area contributed by atoms with Crippen molar-refractivity contribution >= 4 is 16.7 Å². The Morgan fingerprint density at radius 1 is 1.08 bits per heavy atom. The Kier molecular flexibility index (Phi) is 7.21. The zero-order valence-corrected chi connectivity index (χ0v) is 14.0. The molecule has 0 aliphatic carbocycles. The SMILES string of the molecule is CCOC(=O)CCCCCOc1ccc2ccccc2c1CN=O. The molecule has 128 valence electrons. The quantitative estimate of drug-likeness (QED) is 0.363. The van der Waals surface area contributed by atoms with E-state index in [9.17, 15) is 9.70 Å². The van der Waals surface area contributed by atoms with Crippen molar-refractivity contribution in [2.75, 3.05) is 13.2 Å². The molecule has 0 fully saturated rings. The summed E-state index contributed by atoms with van der Waals surface area (Å²) in [5.41, 5.74) is 0.828. The lowest BCUT2D eigenvalue weighted by Crippen LogP contribution is -2.04. The van der Waals surface area contributed by atoms with Crippen molar-refractivity contribution in [2.24, 2.45) is 5.18 Å². The van der Waals surface area contributed by atoms with Gasteiger partial charge in [-0.2, -0.15) is 4.91 Å². The first-order valence-corrected chi connectivity index (χ1v) is 8.34. The van der Waals surface area contributed by atoms with E-state index in [4.69, 9.17) is 9.47 Å². The van der Waals surface area contributed by atoms with E-state index >= 15 is 0 Å². The van der Waals surface area contributed by atoms with Gasteiger partial charge in [-0.15, -0.1) is 0 Å². The third-order valence-electron chi connectivity index (χ3n) is 3.81. The predicted molar refractivity (Wildman–Crippen MR) is 94.0 cm³/mol. The third kappa shape index (κ3) is 5.05. The van der Waals surface area contributed by atoms with Crippen LogP contribution in [0.5, 0.6) is 5.75 Å². The second-order valence-electron chi connectivity index (χ2n) is 5.51. The topological polar surface area (TPSA) is 65.0 Å². The van der Waals surface area contributed by atoms with Crippen LogP contribution >= 0.6 is 0 Å². The van der Waals surface area contributed by atoms with Gasteiger partial charge in [0.15, 0.2) is 0 Å². The second kappa shape index (κ2) is 9.65. The molecular weight excluding hydrogens is 306 g/mol. The molecule has 0 aliphatic rings. The van der Waals surface area contributed by atoms with Gasteiger partial charge in [0.05, 0.1) is 13.2 Å². The van der Waals surface area contributed by atoms with Gasteiger partial charge in [0.25, 0.3) is 0 Å². The highest BCUT2D eigenvalue weighted by atomic mass is 16.5. The fourth-order valence-electron chi connectivity index (χ4n) is 2.64. The fraction of sp³-hybridized carbons (Fsp3) is 0.421. The number of benzene rings is 2. The molecule has 2 aromatic carbocycles. The van der Waals surface area contributed by atoms with E-state index in [1.807, 2.05) is 36.4 Å². The second-order valence-corrected chi connectivity index (χ2v) is 5.51. The first kappa shape index (κ1) is 17.9. The van der Waals surface area contributed by atoms with Gasteiger partial charge in [-0.1, -0.05) is 35.5 Å². The maximum absolute atomic E-state index is 11.2. The summed E-state index contributed by atoms with van der Waals surface area (Å²) in [5.74, 6) is 0.561. The standard InChI is InChI=1S/C19H23NO4/c1-2-23-19(21)10-4-3-7-13-24-18-12-11-15-8-5-6-9-16(15)17(18)14-20-22/h5-6,8-9,11-12H,2-4,7,10,13-14H2,1H3. The molecule has 24 heavy (non-hydrogen) atoms. The van der Waals surface area contributed by atoms with Gasteiger partial charge in [-0.05, 0) is 43.0 Å². The molecular formula is C19H23NO4. The molecule has 0 atom stereocenters. The molecule has 2 rings (SSSR count). The van der Waals surface area contributed by atoms with Gasteiger partial charge < -0.3 is 9.47 Å². The van der Waals surface area contributed by atoms with Gasteiger partial charge in [0.2, 0.25) is 0 Å². The molecule has 0 unspecified atom stereocenters. The minimum Gasteiger partial charge on any atom is -0.493 e. The molecule has 0 aromatic heterocycles. The maximum Gasteiger partial charge on any atom is 0.305 e. The Balaban J connectivity index is 1.87. The van der Waals surface area contributed by atoms with Crippen molar-refractivity contribution in [3.63, 3.8) is 0 Å². The average Bonchev–Trinajstić information content (AvgIpc) is 2.60. The molecule has 5 nitrogen and oxygen atoms in total. The van der Waals surface area contributed by atoms with Crippen LogP contribution in [0.25, 0.3) is 10.8 Å². The highest BCUT2D eigenvalue weighted by Crippen LogP contribution is 2.29. The van der Waals surface area contributed by atoms with Crippen molar-refractivity contribution in [1.29, 1.82) is 0 Å². The molecule has 0 radical (unpaired) electrons. The van der Waals surface area contributed by atoms with E-state index in [1.54, 1.807) is 6.92 Å². The van der Waals surface area contributed by atoms with Crippen molar-refractivity contribution < 1.29 is 14.3 Å². The first-order valence-electron chi connectivity index (χ1n) is 8.34. The zero-order chi connectivity index (χ0) is 17.2. The number of unbranched alkanes of at least 4 members (excludes halogenated alkanes) is 2. The van der Waals surface area contributed by atoms with Gasteiger partial charge >= 0.3 is 5.97 Å². The van der Waals surface area contributed by atoms with Crippen LogP contribution in [0.3, 0.4) is 0 Å². The molecule has 0 amide bonds. The van der Waals surface area contributed by atoms with Crippen LogP contribution in [0.1, 0.15) is 38.2 Å². The summed E-state index contributed by atoms with van der Waals surface area (Å²) < 4.78 is 10.7. The Bertz CT molecular complexity index is 684. The summed E-state index contributed by atoms with van der Waals surface area (Å²) in [5, 5.41) is 5.09. The molecule has 0 N–H and O–H groups in total. The largest absolute Gasteiger partial charge is 0.493 e. The van der Waals surface area contributed by atoms with Gasteiger partial charge in [-0.25, -0.2) is 0 Å².